The van der Waals surface area contributed by atoms with E-state index in [0.29, 0.717) is 25.4 Å². The van der Waals surface area contributed by atoms with E-state index in [1.54, 1.807) is 17.9 Å². The number of alkyl halides is 2. The van der Waals surface area contributed by atoms with Gasteiger partial charge in [0.25, 0.3) is 5.91 Å². The number of aromatic nitrogens is 1. The normalized spacial score (nSPS) is 19.3. The maximum absolute atomic E-state index is 13.1. The Hall–Kier alpha value is -1.43. The molecule has 21 heavy (non-hydrogen) atoms. The third-order valence-electron chi connectivity index (χ3n) is 3.76. The van der Waals surface area contributed by atoms with E-state index in [-0.39, 0.29) is 17.7 Å². The predicted octanol–water partition coefficient (Wildman–Crippen LogP) is 3.22. The van der Waals surface area contributed by atoms with Crippen LogP contribution in [0.5, 0.6) is 0 Å². The third-order valence-corrected chi connectivity index (χ3v) is 3.76. The lowest BCUT2D eigenvalue weighted by molar-refractivity contribution is 0.000670. The molecule has 1 amide bonds. The highest BCUT2D eigenvalue weighted by Crippen LogP contribution is 2.22. The number of hydrogen-bond acceptors (Lipinski definition) is 2. The van der Waals surface area contributed by atoms with Crippen LogP contribution in [0.1, 0.15) is 48.9 Å². The van der Waals surface area contributed by atoms with Gasteiger partial charge in [0, 0.05) is 25.4 Å². The van der Waals surface area contributed by atoms with E-state index in [1.807, 2.05) is 6.92 Å². The molecule has 0 unspecified atom stereocenters. The Balaban J connectivity index is 2.09. The fourth-order valence-electron chi connectivity index (χ4n) is 2.69. The molecule has 1 aliphatic rings. The van der Waals surface area contributed by atoms with Crippen LogP contribution in [-0.4, -0.2) is 41.2 Å². The second-order valence-corrected chi connectivity index (χ2v) is 5.39. The van der Waals surface area contributed by atoms with Gasteiger partial charge < -0.3 is 9.64 Å². The van der Waals surface area contributed by atoms with Crippen molar-refractivity contribution >= 4 is 5.91 Å². The lowest BCUT2D eigenvalue weighted by Gasteiger charge is -2.32. The summed E-state index contributed by atoms with van der Waals surface area (Å²) in [6.07, 6.45) is 2.70. The Morgan fingerprint density at radius 3 is 2.90 bits per heavy atom. The van der Waals surface area contributed by atoms with E-state index in [1.165, 1.54) is 6.07 Å². The highest BCUT2D eigenvalue weighted by molar-refractivity contribution is 5.93. The third kappa shape index (κ3) is 3.61. The minimum absolute atomic E-state index is 0.0127. The molecule has 1 saturated heterocycles. The molecule has 0 bridgehead atoms. The van der Waals surface area contributed by atoms with Crippen LogP contribution in [0.3, 0.4) is 0 Å². The zero-order valence-electron chi connectivity index (χ0n) is 12.5. The number of amides is 1. The minimum Gasteiger partial charge on any atom is -0.376 e. The molecule has 0 spiro atoms. The van der Waals surface area contributed by atoms with Crippen molar-refractivity contribution in [2.75, 3.05) is 19.7 Å². The van der Waals surface area contributed by atoms with E-state index < -0.39 is 6.55 Å². The Kier molecular flexibility index (Phi) is 5.33. The van der Waals surface area contributed by atoms with Gasteiger partial charge in [0.2, 0.25) is 0 Å². The molecule has 0 N–H and O–H groups in total. The van der Waals surface area contributed by atoms with Crippen molar-refractivity contribution in [3.05, 3.63) is 23.5 Å². The first kappa shape index (κ1) is 15.9. The van der Waals surface area contributed by atoms with Crippen molar-refractivity contribution in [2.45, 2.75) is 45.8 Å². The van der Waals surface area contributed by atoms with Crippen LogP contribution < -0.4 is 0 Å². The largest absolute Gasteiger partial charge is 0.376 e. The van der Waals surface area contributed by atoms with Gasteiger partial charge in [-0.1, -0.05) is 6.92 Å². The van der Waals surface area contributed by atoms with E-state index in [0.717, 1.165) is 23.8 Å². The SMILES string of the molecule is CCCO[C@H]1CCCN(C(=O)c2ccc(C)n2C(F)F)C1. The van der Waals surface area contributed by atoms with Crippen molar-refractivity contribution in [1.29, 1.82) is 0 Å². The maximum atomic E-state index is 13.1. The maximum Gasteiger partial charge on any atom is 0.319 e. The summed E-state index contributed by atoms with van der Waals surface area (Å²) in [4.78, 5) is 14.1. The molecule has 4 nitrogen and oxygen atoms in total. The molecule has 0 aliphatic carbocycles. The minimum atomic E-state index is -2.70. The number of carbonyl (C=O) groups excluding carboxylic acids is 1. The van der Waals surface area contributed by atoms with Crippen molar-refractivity contribution in [2.24, 2.45) is 0 Å². The van der Waals surface area contributed by atoms with Crippen molar-refractivity contribution < 1.29 is 18.3 Å². The lowest BCUT2D eigenvalue weighted by Crippen LogP contribution is -2.44. The van der Waals surface area contributed by atoms with Gasteiger partial charge in [-0.25, -0.2) is 0 Å². The first-order chi connectivity index (χ1) is 10.0. The van der Waals surface area contributed by atoms with Gasteiger partial charge in [0.1, 0.15) is 5.69 Å². The first-order valence-electron chi connectivity index (χ1n) is 7.41. The van der Waals surface area contributed by atoms with Crippen LogP contribution in [0, 0.1) is 6.92 Å². The standard InChI is InChI=1S/C15H22F2N2O2/c1-3-9-21-12-5-4-8-18(10-12)14(20)13-7-6-11(2)19(13)15(16)17/h6-7,12,15H,3-5,8-10H2,1-2H3/t12-/m0/s1. The van der Waals surface area contributed by atoms with Gasteiger partial charge in [-0.05, 0) is 38.3 Å². The molecule has 1 fully saturated rings. The first-order valence-corrected chi connectivity index (χ1v) is 7.41. The molecule has 0 saturated carbocycles. The van der Waals surface area contributed by atoms with Crippen LogP contribution in [0.2, 0.25) is 0 Å². The molecule has 6 heteroatoms. The highest BCUT2D eigenvalue weighted by atomic mass is 19.3. The molecule has 1 aliphatic heterocycles. The fourth-order valence-corrected chi connectivity index (χ4v) is 2.69. The second-order valence-electron chi connectivity index (χ2n) is 5.39. The number of hydrogen-bond donors (Lipinski definition) is 0. The van der Waals surface area contributed by atoms with Crippen LogP contribution in [0.25, 0.3) is 0 Å². The summed E-state index contributed by atoms with van der Waals surface area (Å²) < 4.78 is 32.6. The number of ether oxygens (including phenoxy) is 1. The molecular weight excluding hydrogens is 278 g/mol. The molecule has 1 aromatic heterocycles. The number of aryl methyl sites for hydroxylation is 1. The number of carbonyl (C=O) groups is 1. The number of nitrogens with zero attached hydrogens (tertiary/aromatic N) is 2. The monoisotopic (exact) mass is 300 g/mol. The van der Waals surface area contributed by atoms with Gasteiger partial charge in [-0.15, -0.1) is 0 Å². The molecule has 2 rings (SSSR count). The summed E-state index contributed by atoms with van der Waals surface area (Å²) in [5.41, 5.74) is 0.447. The average molecular weight is 300 g/mol. The molecule has 0 radical (unpaired) electrons. The lowest BCUT2D eigenvalue weighted by atomic mass is 10.1. The zero-order chi connectivity index (χ0) is 15.4. The predicted molar refractivity (Wildman–Crippen MR) is 75.6 cm³/mol. The second kappa shape index (κ2) is 7.02. The van der Waals surface area contributed by atoms with Gasteiger partial charge in [0.15, 0.2) is 0 Å². The van der Waals surface area contributed by atoms with Gasteiger partial charge in [-0.3, -0.25) is 9.36 Å². The summed E-state index contributed by atoms with van der Waals surface area (Å²) in [6, 6.07) is 3.02. The molecule has 0 aromatic carbocycles. The summed E-state index contributed by atoms with van der Waals surface area (Å²) in [5, 5.41) is 0. The Morgan fingerprint density at radius 1 is 1.48 bits per heavy atom. The van der Waals surface area contributed by atoms with Crippen molar-refractivity contribution in [3.8, 4) is 0 Å². The van der Waals surface area contributed by atoms with Gasteiger partial charge in [-0.2, -0.15) is 8.78 Å². The number of halogens is 2. The van der Waals surface area contributed by atoms with Crippen molar-refractivity contribution in [3.63, 3.8) is 0 Å². The Bertz CT molecular complexity index is 488. The van der Waals surface area contributed by atoms with Crippen LogP contribution in [0.4, 0.5) is 8.78 Å². The average Bonchev–Trinajstić information content (AvgIpc) is 2.86. The number of piperidine rings is 1. The molecule has 118 valence electrons. The Morgan fingerprint density at radius 2 is 2.24 bits per heavy atom. The summed E-state index contributed by atoms with van der Waals surface area (Å²) in [6.45, 7) is 2.65. The molecular formula is C15H22F2N2O2. The fraction of sp³-hybridized carbons (Fsp3) is 0.667. The van der Waals surface area contributed by atoms with Gasteiger partial charge >= 0.3 is 6.55 Å². The van der Waals surface area contributed by atoms with E-state index in [9.17, 15) is 13.6 Å². The molecule has 2 heterocycles. The summed E-state index contributed by atoms with van der Waals surface area (Å²) in [5.74, 6) is -0.340. The van der Waals surface area contributed by atoms with E-state index in [4.69, 9.17) is 4.74 Å². The topological polar surface area (TPSA) is 34.5 Å². The highest BCUT2D eigenvalue weighted by Gasteiger charge is 2.28. The van der Waals surface area contributed by atoms with Crippen molar-refractivity contribution in [1.82, 2.24) is 9.47 Å². The zero-order valence-corrected chi connectivity index (χ0v) is 12.5. The van der Waals surface area contributed by atoms with Gasteiger partial charge in [0.05, 0.1) is 6.10 Å². The van der Waals surface area contributed by atoms with Crippen LogP contribution in [0.15, 0.2) is 12.1 Å². The summed E-state index contributed by atoms with van der Waals surface area (Å²) in [7, 11) is 0. The van der Waals surface area contributed by atoms with E-state index >= 15 is 0 Å². The van der Waals surface area contributed by atoms with Crippen LogP contribution >= 0.6 is 0 Å². The Labute approximate surface area is 123 Å². The van der Waals surface area contributed by atoms with E-state index in [2.05, 4.69) is 0 Å². The number of rotatable bonds is 5. The molecule has 1 atom stereocenters. The quantitative estimate of drug-likeness (QED) is 0.837. The van der Waals surface area contributed by atoms with Crippen LogP contribution in [-0.2, 0) is 4.74 Å². The smallest absolute Gasteiger partial charge is 0.319 e. The summed E-state index contributed by atoms with van der Waals surface area (Å²) >= 11 is 0. The molecule has 1 aromatic rings. The number of likely N-dealkylation sites (tertiary alicyclic amines) is 1.